The molecule has 3 rings (SSSR count). The zero-order chi connectivity index (χ0) is 16.4. The Hall–Kier alpha value is -2.10. The summed E-state index contributed by atoms with van der Waals surface area (Å²) in [5.41, 5.74) is 0.332. The number of aryl methyl sites for hydroxylation is 1. The topological polar surface area (TPSA) is 86.2 Å². The highest BCUT2D eigenvalue weighted by Gasteiger charge is 2.36. The van der Waals surface area contributed by atoms with Crippen LogP contribution in [-0.2, 0) is 6.42 Å². The molecule has 1 aromatic carbocycles. The molecule has 0 radical (unpaired) electrons. The van der Waals surface area contributed by atoms with Crippen LogP contribution in [0.4, 0.5) is 5.69 Å². The van der Waals surface area contributed by atoms with Crippen molar-refractivity contribution in [1.82, 2.24) is 10.1 Å². The van der Waals surface area contributed by atoms with Crippen molar-refractivity contribution in [2.75, 3.05) is 18.0 Å². The van der Waals surface area contributed by atoms with Gasteiger partial charge in [0.2, 0.25) is 5.89 Å². The number of rotatable bonds is 3. The number of nitrogens with zero attached hydrogens (tertiary/aromatic N) is 4. The van der Waals surface area contributed by atoms with E-state index in [1.54, 1.807) is 25.1 Å². The normalized spacial score (nSPS) is 21.2. The molecule has 1 atom stereocenters. The van der Waals surface area contributed by atoms with E-state index >= 15 is 0 Å². The van der Waals surface area contributed by atoms with Gasteiger partial charge in [-0.3, -0.25) is 0 Å². The van der Waals surface area contributed by atoms with Gasteiger partial charge in [-0.25, -0.2) is 0 Å². The molecule has 1 aliphatic heterocycles. The second kappa shape index (κ2) is 6.19. The molecule has 1 saturated heterocycles. The quantitative estimate of drug-likeness (QED) is 0.929. The average molecular weight is 333 g/mol. The van der Waals surface area contributed by atoms with Crippen LogP contribution in [-0.4, -0.2) is 33.9 Å². The molecule has 1 unspecified atom stereocenters. The summed E-state index contributed by atoms with van der Waals surface area (Å²) in [6.07, 6.45) is 1.75. The Morgan fingerprint density at radius 3 is 3.04 bits per heavy atom. The van der Waals surface area contributed by atoms with Crippen LogP contribution in [0.1, 0.15) is 30.1 Å². The van der Waals surface area contributed by atoms with Crippen molar-refractivity contribution in [3.8, 4) is 6.07 Å². The lowest BCUT2D eigenvalue weighted by Gasteiger charge is -2.40. The fourth-order valence-electron chi connectivity index (χ4n) is 3.02. The van der Waals surface area contributed by atoms with Gasteiger partial charge in [-0.05, 0) is 38.0 Å². The van der Waals surface area contributed by atoms with Gasteiger partial charge in [-0.1, -0.05) is 16.8 Å². The first-order valence-corrected chi connectivity index (χ1v) is 7.83. The Balaban J connectivity index is 1.83. The number of β-amino-alcohol motifs (C(OH)–C–C–N with tert-alkyl or cyclic N) is 1. The Morgan fingerprint density at radius 1 is 1.52 bits per heavy atom. The number of hydrogen-bond donors (Lipinski definition) is 1. The number of aliphatic hydroxyl groups is 1. The number of benzene rings is 1. The summed E-state index contributed by atoms with van der Waals surface area (Å²) in [4.78, 5) is 6.16. The van der Waals surface area contributed by atoms with Gasteiger partial charge in [0.15, 0.2) is 5.82 Å². The third-order valence-corrected chi connectivity index (χ3v) is 4.26. The van der Waals surface area contributed by atoms with E-state index in [0.29, 0.717) is 41.7 Å². The zero-order valence-electron chi connectivity index (χ0n) is 12.8. The number of piperidine rings is 1. The van der Waals surface area contributed by atoms with Crippen LogP contribution in [0.2, 0.25) is 5.02 Å². The van der Waals surface area contributed by atoms with Gasteiger partial charge < -0.3 is 14.5 Å². The minimum atomic E-state index is -0.966. The first-order chi connectivity index (χ1) is 11.0. The van der Waals surface area contributed by atoms with E-state index in [1.807, 2.05) is 4.90 Å². The summed E-state index contributed by atoms with van der Waals surface area (Å²) in [6.45, 7) is 2.90. The van der Waals surface area contributed by atoms with Crippen molar-refractivity contribution in [3.05, 3.63) is 40.5 Å². The molecule has 0 bridgehead atoms. The van der Waals surface area contributed by atoms with E-state index in [1.165, 1.54) is 0 Å². The Kier molecular flexibility index (Phi) is 4.24. The molecule has 120 valence electrons. The molecular weight excluding hydrogens is 316 g/mol. The number of halogens is 1. The van der Waals surface area contributed by atoms with Crippen molar-refractivity contribution in [3.63, 3.8) is 0 Å². The van der Waals surface area contributed by atoms with Crippen LogP contribution < -0.4 is 4.90 Å². The van der Waals surface area contributed by atoms with Crippen molar-refractivity contribution >= 4 is 17.3 Å². The average Bonchev–Trinajstić information content (AvgIpc) is 2.91. The van der Waals surface area contributed by atoms with Gasteiger partial charge in [0, 0.05) is 18.1 Å². The fourth-order valence-corrected chi connectivity index (χ4v) is 3.18. The predicted octanol–water partition coefficient (Wildman–Crippen LogP) is 2.48. The highest BCUT2D eigenvalue weighted by atomic mass is 35.5. The summed E-state index contributed by atoms with van der Waals surface area (Å²) in [6, 6.07) is 7.34. The van der Waals surface area contributed by atoms with E-state index in [-0.39, 0.29) is 0 Å². The van der Waals surface area contributed by atoms with Gasteiger partial charge in [0.1, 0.15) is 6.07 Å². The molecular formula is C16H17ClN4O2. The molecule has 2 aromatic rings. The molecule has 23 heavy (non-hydrogen) atoms. The van der Waals surface area contributed by atoms with Crippen molar-refractivity contribution < 1.29 is 9.63 Å². The monoisotopic (exact) mass is 332 g/mol. The molecule has 1 fully saturated rings. The van der Waals surface area contributed by atoms with Crippen LogP contribution >= 0.6 is 11.6 Å². The SMILES string of the molecule is Cc1noc(CC2(O)CCCN(c3cc(Cl)ccc3C#N)C2)n1. The van der Waals surface area contributed by atoms with Crippen LogP contribution in [0.25, 0.3) is 0 Å². The number of aromatic nitrogens is 2. The lowest BCUT2D eigenvalue weighted by Crippen LogP contribution is -2.49. The van der Waals surface area contributed by atoms with E-state index in [0.717, 1.165) is 18.7 Å². The number of hydrogen-bond acceptors (Lipinski definition) is 6. The first-order valence-electron chi connectivity index (χ1n) is 7.45. The Labute approximate surface area is 139 Å². The third-order valence-electron chi connectivity index (χ3n) is 4.03. The molecule has 0 amide bonds. The number of nitriles is 1. The molecule has 2 heterocycles. The van der Waals surface area contributed by atoms with E-state index in [9.17, 15) is 10.4 Å². The number of anilines is 1. The maximum absolute atomic E-state index is 10.9. The minimum absolute atomic E-state index is 0.298. The van der Waals surface area contributed by atoms with Gasteiger partial charge in [-0.15, -0.1) is 0 Å². The first kappa shape index (κ1) is 15.8. The van der Waals surface area contributed by atoms with Gasteiger partial charge in [0.25, 0.3) is 0 Å². The van der Waals surface area contributed by atoms with Gasteiger partial charge in [-0.2, -0.15) is 10.2 Å². The summed E-state index contributed by atoms with van der Waals surface area (Å²) in [5, 5.41) is 24.5. The molecule has 1 aromatic heterocycles. The van der Waals surface area contributed by atoms with Crippen LogP contribution in [0, 0.1) is 18.3 Å². The summed E-state index contributed by atoms with van der Waals surface area (Å²) in [5.74, 6) is 0.983. The molecule has 1 aliphatic rings. The van der Waals surface area contributed by atoms with Crippen molar-refractivity contribution in [1.29, 1.82) is 5.26 Å². The molecule has 0 spiro atoms. The highest BCUT2D eigenvalue weighted by Crippen LogP contribution is 2.31. The van der Waals surface area contributed by atoms with E-state index in [4.69, 9.17) is 16.1 Å². The van der Waals surface area contributed by atoms with Gasteiger partial charge >= 0.3 is 0 Å². The molecule has 0 aliphatic carbocycles. The summed E-state index contributed by atoms with van der Waals surface area (Å²) < 4.78 is 5.12. The molecule has 1 N–H and O–H groups in total. The lowest BCUT2D eigenvalue weighted by atomic mass is 9.89. The maximum atomic E-state index is 10.9. The minimum Gasteiger partial charge on any atom is -0.388 e. The second-order valence-corrected chi connectivity index (χ2v) is 6.37. The van der Waals surface area contributed by atoms with Gasteiger partial charge in [0.05, 0.1) is 23.3 Å². The van der Waals surface area contributed by atoms with E-state index in [2.05, 4.69) is 16.2 Å². The summed E-state index contributed by atoms with van der Waals surface area (Å²) in [7, 11) is 0. The standard InChI is InChI=1S/C16H17ClN4O2/c1-11-19-15(23-20-11)8-16(22)5-2-6-21(10-16)14-7-13(17)4-3-12(14)9-18/h3-4,7,22H,2,5-6,8,10H2,1H3. The third kappa shape index (κ3) is 3.46. The molecule has 7 heteroatoms. The fraction of sp³-hybridized carbons (Fsp3) is 0.438. The maximum Gasteiger partial charge on any atom is 0.229 e. The van der Waals surface area contributed by atoms with Crippen molar-refractivity contribution in [2.24, 2.45) is 0 Å². The largest absolute Gasteiger partial charge is 0.388 e. The van der Waals surface area contributed by atoms with E-state index < -0.39 is 5.60 Å². The zero-order valence-corrected chi connectivity index (χ0v) is 13.5. The highest BCUT2D eigenvalue weighted by molar-refractivity contribution is 6.30. The molecule has 0 saturated carbocycles. The Morgan fingerprint density at radius 2 is 2.35 bits per heavy atom. The van der Waals surface area contributed by atoms with Crippen LogP contribution in [0.3, 0.4) is 0 Å². The smallest absolute Gasteiger partial charge is 0.229 e. The Bertz CT molecular complexity index is 755. The second-order valence-electron chi connectivity index (χ2n) is 5.93. The van der Waals surface area contributed by atoms with Crippen molar-refractivity contribution in [2.45, 2.75) is 31.8 Å². The predicted molar refractivity (Wildman–Crippen MR) is 85.3 cm³/mol. The van der Waals surface area contributed by atoms with Crippen LogP contribution in [0.15, 0.2) is 22.7 Å². The lowest BCUT2D eigenvalue weighted by molar-refractivity contribution is 0.0193. The molecule has 6 nitrogen and oxygen atoms in total. The van der Waals surface area contributed by atoms with Crippen LogP contribution in [0.5, 0.6) is 0 Å². The summed E-state index contributed by atoms with van der Waals surface area (Å²) >= 11 is 6.06.